The molecule has 3 rings (SSSR count). The van der Waals surface area contributed by atoms with Crippen molar-refractivity contribution >= 4 is 5.96 Å². The molecule has 4 unspecified atom stereocenters. The van der Waals surface area contributed by atoms with E-state index in [0.717, 1.165) is 45.2 Å². The number of benzene rings is 1. The predicted octanol–water partition coefficient (Wildman–Crippen LogP) is 3.44. The molecule has 156 valence electrons. The Hall–Kier alpha value is -1.59. The molecule has 5 heteroatoms. The quantitative estimate of drug-likeness (QED) is 0.581. The second-order valence-corrected chi connectivity index (χ2v) is 8.60. The van der Waals surface area contributed by atoms with Gasteiger partial charge in [-0.05, 0) is 45.1 Å². The van der Waals surface area contributed by atoms with Crippen LogP contribution < -0.4 is 10.6 Å². The first-order chi connectivity index (χ1) is 13.6. The van der Waals surface area contributed by atoms with E-state index in [1.165, 1.54) is 12.0 Å². The van der Waals surface area contributed by atoms with Crippen LogP contribution in [0.3, 0.4) is 0 Å². The maximum Gasteiger partial charge on any atom is 0.191 e. The van der Waals surface area contributed by atoms with Crippen LogP contribution >= 0.6 is 0 Å². The Morgan fingerprint density at radius 1 is 1.25 bits per heavy atom. The number of nitrogens with zero attached hydrogens (tertiary/aromatic N) is 2. The summed E-state index contributed by atoms with van der Waals surface area (Å²) in [6.07, 6.45) is 2.45. The zero-order valence-electron chi connectivity index (χ0n) is 18.0. The van der Waals surface area contributed by atoms with Gasteiger partial charge in [0.1, 0.15) is 0 Å². The van der Waals surface area contributed by atoms with Crippen LogP contribution in [0, 0.1) is 11.8 Å². The smallest absolute Gasteiger partial charge is 0.191 e. The van der Waals surface area contributed by atoms with Crippen LogP contribution in [0.15, 0.2) is 35.3 Å². The monoisotopic (exact) mass is 386 g/mol. The van der Waals surface area contributed by atoms with Crippen LogP contribution in [0.25, 0.3) is 0 Å². The molecule has 28 heavy (non-hydrogen) atoms. The van der Waals surface area contributed by atoms with Crippen molar-refractivity contribution < 1.29 is 4.74 Å². The van der Waals surface area contributed by atoms with Gasteiger partial charge in [-0.15, -0.1) is 0 Å². The van der Waals surface area contributed by atoms with Crippen LogP contribution in [-0.2, 0) is 4.74 Å². The molecule has 1 aromatic carbocycles. The van der Waals surface area contributed by atoms with Gasteiger partial charge in [-0.3, -0.25) is 9.89 Å². The fourth-order valence-corrected chi connectivity index (χ4v) is 4.36. The molecule has 2 fully saturated rings. The van der Waals surface area contributed by atoms with E-state index in [1.54, 1.807) is 0 Å². The van der Waals surface area contributed by atoms with Crippen molar-refractivity contribution in [2.24, 2.45) is 16.8 Å². The van der Waals surface area contributed by atoms with Crippen molar-refractivity contribution in [3.8, 4) is 0 Å². The van der Waals surface area contributed by atoms with E-state index in [9.17, 15) is 0 Å². The van der Waals surface area contributed by atoms with Gasteiger partial charge in [-0.1, -0.05) is 37.3 Å². The third kappa shape index (κ3) is 5.48. The normalized spacial score (nSPS) is 29.2. The van der Waals surface area contributed by atoms with Gasteiger partial charge in [0.2, 0.25) is 0 Å². The fraction of sp³-hybridized carbons (Fsp3) is 0.696. The molecule has 0 aromatic heterocycles. The van der Waals surface area contributed by atoms with Crippen molar-refractivity contribution in [3.63, 3.8) is 0 Å². The Morgan fingerprint density at radius 2 is 2.04 bits per heavy atom. The number of nitrogens with one attached hydrogen (secondary N) is 2. The Bertz CT molecular complexity index is 618. The Labute approximate surface area is 170 Å². The third-order valence-corrected chi connectivity index (χ3v) is 6.09. The summed E-state index contributed by atoms with van der Waals surface area (Å²) in [6.45, 7) is 13.8. The number of likely N-dealkylation sites (tertiary alicyclic amines) is 1. The predicted molar refractivity (Wildman–Crippen MR) is 117 cm³/mol. The molecule has 2 aliphatic heterocycles. The maximum absolute atomic E-state index is 6.14. The Balaban J connectivity index is 1.64. The SMILES string of the molecule is CCNC(=NCC1CCCOC1c1ccccc1)NC1CN(C(C)C)CC1C. The number of ether oxygens (including phenoxy) is 1. The summed E-state index contributed by atoms with van der Waals surface area (Å²) in [4.78, 5) is 7.52. The van der Waals surface area contributed by atoms with Crippen molar-refractivity contribution in [2.75, 3.05) is 32.8 Å². The minimum Gasteiger partial charge on any atom is -0.373 e. The first-order valence-electron chi connectivity index (χ1n) is 11.0. The van der Waals surface area contributed by atoms with E-state index in [0.29, 0.717) is 23.9 Å². The largest absolute Gasteiger partial charge is 0.373 e. The number of hydrogen-bond acceptors (Lipinski definition) is 3. The number of hydrogen-bond donors (Lipinski definition) is 2. The first kappa shape index (κ1) is 21.1. The molecule has 0 saturated carbocycles. The van der Waals surface area contributed by atoms with Crippen LogP contribution in [0.4, 0.5) is 0 Å². The molecular weight excluding hydrogens is 348 g/mol. The zero-order valence-corrected chi connectivity index (χ0v) is 18.0. The van der Waals surface area contributed by atoms with Gasteiger partial charge >= 0.3 is 0 Å². The summed E-state index contributed by atoms with van der Waals surface area (Å²) in [5, 5.41) is 7.15. The average molecular weight is 387 g/mol. The van der Waals surface area contributed by atoms with E-state index < -0.39 is 0 Å². The molecule has 0 spiro atoms. The van der Waals surface area contributed by atoms with Gasteiger partial charge in [0.25, 0.3) is 0 Å². The number of aliphatic imine (C=N–C) groups is 1. The Kier molecular flexibility index (Phi) is 7.74. The van der Waals surface area contributed by atoms with E-state index >= 15 is 0 Å². The molecule has 5 nitrogen and oxygen atoms in total. The summed E-state index contributed by atoms with van der Waals surface area (Å²) >= 11 is 0. The molecule has 2 aliphatic rings. The Morgan fingerprint density at radius 3 is 2.71 bits per heavy atom. The minimum atomic E-state index is 0.156. The molecule has 2 heterocycles. The highest BCUT2D eigenvalue weighted by Gasteiger charge is 2.32. The van der Waals surface area contributed by atoms with Crippen molar-refractivity contribution in [3.05, 3.63) is 35.9 Å². The lowest BCUT2D eigenvalue weighted by molar-refractivity contribution is -0.0250. The minimum absolute atomic E-state index is 0.156. The second-order valence-electron chi connectivity index (χ2n) is 8.60. The topological polar surface area (TPSA) is 48.9 Å². The lowest BCUT2D eigenvalue weighted by atomic mass is 9.89. The highest BCUT2D eigenvalue weighted by molar-refractivity contribution is 5.80. The summed E-state index contributed by atoms with van der Waals surface area (Å²) in [7, 11) is 0. The lowest BCUT2D eigenvalue weighted by Crippen LogP contribution is -2.47. The zero-order chi connectivity index (χ0) is 19.9. The molecule has 0 bridgehead atoms. The highest BCUT2D eigenvalue weighted by atomic mass is 16.5. The fourth-order valence-electron chi connectivity index (χ4n) is 4.36. The van der Waals surface area contributed by atoms with Crippen LogP contribution in [0.2, 0.25) is 0 Å². The average Bonchev–Trinajstić information content (AvgIpc) is 3.08. The van der Waals surface area contributed by atoms with Crippen LogP contribution in [0.1, 0.15) is 52.2 Å². The number of guanidine groups is 1. The van der Waals surface area contributed by atoms with E-state index in [2.05, 4.69) is 73.6 Å². The van der Waals surface area contributed by atoms with E-state index in [1.807, 2.05) is 0 Å². The first-order valence-corrected chi connectivity index (χ1v) is 11.0. The summed E-state index contributed by atoms with van der Waals surface area (Å²) in [5.41, 5.74) is 1.28. The lowest BCUT2D eigenvalue weighted by Gasteiger charge is -2.31. The van der Waals surface area contributed by atoms with E-state index in [4.69, 9.17) is 9.73 Å². The second kappa shape index (κ2) is 10.3. The van der Waals surface area contributed by atoms with Gasteiger partial charge in [0, 0.05) is 50.8 Å². The molecule has 0 amide bonds. The summed E-state index contributed by atoms with van der Waals surface area (Å²) in [5.74, 6) is 2.00. The molecule has 2 N–H and O–H groups in total. The van der Waals surface area contributed by atoms with Crippen molar-refractivity contribution in [1.29, 1.82) is 0 Å². The number of rotatable bonds is 6. The van der Waals surface area contributed by atoms with Crippen LogP contribution in [-0.4, -0.2) is 55.7 Å². The molecular formula is C23H38N4O. The van der Waals surface area contributed by atoms with Gasteiger partial charge in [0.15, 0.2) is 5.96 Å². The van der Waals surface area contributed by atoms with Crippen molar-refractivity contribution in [2.45, 2.75) is 58.7 Å². The molecule has 0 radical (unpaired) electrons. The van der Waals surface area contributed by atoms with Gasteiger partial charge < -0.3 is 15.4 Å². The standard InChI is InChI=1S/C23H38N4O/c1-5-24-23(26-21-16-27(17(2)3)15-18(21)4)25-14-20-12-9-13-28-22(20)19-10-7-6-8-11-19/h6-8,10-11,17-18,20-22H,5,9,12-16H2,1-4H3,(H2,24,25,26). The highest BCUT2D eigenvalue weighted by Crippen LogP contribution is 2.33. The van der Waals surface area contributed by atoms with Crippen molar-refractivity contribution in [1.82, 2.24) is 15.5 Å². The van der Waals surface area contributed by atoms with E-state index in [-0.39, 0.29) is 6.10 Å². The third-order valence-electron chi connectivity index (χ3n) is 6.09. The molecule has 0 aliphatic carbocycles. The molecule has 2 saturated heterocycles. The molecule has 1 aromatic rings. The van der Waals surface area contributed by atoms with Gasteiger partial charge in [-0.2, -0.15) is 0 Å². The van der Waals surface area contributed by atoms with Crippen LogP contribution in [0.5, 0.6) is 0 Å². The maximum atomic E-state index is 6.14. The summed E-state index contributed by atoms with van der Waals surface area (Å²) < 4.78 is 6.14. The van der Waals surface area contributed by atoms with Gasteiger partial charge in [-0.25, -0.2) is 0 Å². The van der Waals surface area contributed by atoms with Gasteiger partial charge in [0.05, 0.1) is 6.10 Å². The summed E-state index contributed by atoms with van der Waals surface area (Å²) in [6, 6.07) is 11.7. The molecule has 4 atom stereocenters.